The number of hydrogen-bond acceptors (Lipinski definition) is 2. The molecular formula is C11H24N2. The van der Waals surface area contributed by atoms with Gasteiger partial charge in [-0.3, -0.25) is 11.3 Å². The Morgan fingerprint density at radius 3 is 2.46 bits per heavy atom. The molecule has 1 saturated carbocycles. The minimum Gasteiger partial charge on any atom is -0.271 e. The van der Waals surface area contributed by atoms with Crippen molar-refractivity contribution in [1.29, 1.82) is 0 Å². The Kier molecular flexibility index (Phi) is 4.20. The molecule has 0 aromatic carbocycles. The molecule has 2 heteroatoms. The van der Waals surface area contributed by atoms with E-state index in [-0.39, 0.29) is 0 Å². The van der Waals surface area contributed by atoms with Gasteiger partial charge in [-0.15, -0.1) is 0 Å². The molecule has 1 aliphatic rings. The highest BCUT2D eigenvalue weighted by molar-refractivity contribution is 4.90. The van der Waals surface area contributed by atoms with Crippen molar-refractivity contribution in [2.24, 2.45) is 11.3 Å². The van der Waals surface area contributed by atoms with Gasteiger partial charge in [-0.25, -0.2) is 0 Å². The zero-order valence-electron chi connectivity index (χ0n) is 9.10. The van der Waals surface area contributed by atoms with Gasteiger partial charge in [0.2, 0.25) is 0 Å². The van der Waals surface area contributed by atoms with Crippen LogP contribution >= 0.6 is 0 Å². The summed E-state index contributed by atoms with van der Waals surface area (Å²) in [5, 5.41) is 0. The molecule has 13 heavy (non-hydrogen) atoms. The summed E-state index contributed by atoms with van der Waals surface area (Å²) in [6, 6.07) is 0.537. The number of hydrazine groups is 1. The van der Waals surface area contributed by atoms with Crippen LogP contribution < -0.4 is 11.3 Å². The average molecular weight is 184 g/mol. The van der Waals surface area contributed by atoms with Crippen LogP contribution in [0.25, 0.3) is 0 Å². The maximum Gasteiger partial charge on any atom is 0.0264 e. The summed E-state index contributed by atoms with van der Waals surface area (Å²) in [5.41, 5.74) is 3.50. The van der Waals surface area contributed by atoms with E-state index in [1.165, 1.54) is 44.9 Å². The van der Waals surface area contributed by atoms with Crippen LogP contribution in [0.5, 0.6) is 0 Å². The lowest BCUT2D eigenvalue weighted by Crippen LogP contribution is -2.45. The normalized spacial score (nSPS) is 23.3. The number of rotatable bonds is 5. The molecule has 0 aromatic rings. The second kappa shape index (κ2) is 4.97. The predicted molar refractivity (Wildman–Crippen MR) is 57.2 cm³/mol. The molecule has 0 bridgehead atoms. The van der Waals surface area contributed by atoms with E-state index >= 15 is 0 Å². The monoisotopic (exact) mass is 184 g/mol. The third-order valence-electron chi connectivity index (χ3n) is 3.63. The molecular weight excluding hydrogens is 160 g/mol. The third kappa shape index (κ3) is 2.68. The summed E-state index contributed by atoms with van der Waals surface area (Å²) >= 11 is 0. The van der Waals surface area contributed by atoms with Crippen LogP contribution in [0.15, 0.2) is 0 Å². The van der Waals surface area contributed by atoms with E-state index in [9.17, 15) is 0 Å². The molecule has 1 atom stereocenters. The van der Waals surface area contributed by atoms with Crippen LogP contribution in [0.2, 0.25) is 0 Å². The SMILES string of the molecule is CCCCC(NN)C1(C)CCCC1. The molecule has 1 fully saturated rings. The van der Waals surface area contributed by atoms with Gasteiger partial charge in [0, 0.05) is 6.04 Å². The van der Waals surface area contributed by atoms with Gasteiger partial charge in [-0.05, 0) is 24.7 Å². The minimum absolute atomic E-state index is 0.476. The summed E-state index contributed by atoms with van der Waals surface area (Å²) in [5.74, 6) is 5.63. The van der Waals surface area contributed by atoms with E-state index in [4.69, 9.17) is 5.84 Å². The Hall–Kier alpha value is -0.0800. The van der Waals surface area contributed by atoms with Crippen LogP contribution in [-0.4, -0.2) is 6.04 Å². The molecule has 1 unspecified atom stereocenters. The van der Waals surface area contributed by atoms with Gasteiger partial charge in [0.1, 0.15) is 0 Å². The quantitative estimate of drug-likeness (QED) is 0.509. The molecule has 0 heterocycles. The van der Waals surface area contributed by atoms with Crippen LogP contribution in [0.1, 0.15) is 58.8 Å². The molecule has 0 aliphatic heterocycles. The summed E-state index contributed by atoms with van der Waals surface area (Å²) in [6.07, 6.45) is 9.29. The molecule has 0 radical (unpaired) electrons. The molecule has 0 amide bonds. The molecule has 3 N–H and O–H groups in total. The van der Waals surface area contributed by atoms with Crippen molar-refractivity contribution in [1.82, 2.24) is 5.43 Å². The highest BCUT2D eigenvalue weighted by Gasteiger charge is 2.35. The van der Waals surface area contributed by atoms with E-state index in [0.29, 0.717) is 11.5 Å². The van der Waals surface area contributed by atoms with Gasteiger partial charge in [0.05, 0.1) is 0 Å². The first-order chi connectivity index (χ1) is 6.23. The van der Waals surface area contributed by atoms with E-state index in [2.05, 4.69) is 19.3 Å². The van der Waals surface area contributed by atoms with E-state index in [1.54, 1.807) is 0 Å². The maximum atomic E-state index is 5.63. The summed E-state index contributed by atoms with van der Waals surface area (Å²) in [7, 11) is 0. The van der Waals surface area contributed by atoms with Crippen LogP contribution in [-0.2, 0) is 0 Å². The van der Waals surface area contributed by atoms with E-state index in [1.807, 2.05) is 0 Å². The van der Waals surface area contributed by atoms with Crippen molar-refractivity contribution >= 4 is 0 Å². The second-order valence-electron chi connectivity index (χ2n) is 4.72. The van der Waals surface area contributed by atoms with Crippen LogP contribution in [0.3, 0.4) is 0 Å². The van der Waals surface area contributed by atoms with Crippen LogP contribution in [0.4, 0.5) is 0 Å². The average Bonchev–Trinajstić information content (AvgIpc) is 2.54. The fraction of sp³-hybridized carbons (Fsp3) is 1.00. The Bertz CT molecular complexity index is 139. The fourth-order valence-electron chi connectivity index (χ4n) is 2.57. The zero-order chi connectivity index (χ0) is 9.73. The Balaban J connectivity index is 2.43. The number of nitrogens with two attached hydrogens (primary N) is 1. The predicted octanol–water partition coefficient (Wildman–Crippen LogP) is 2.59. The highest BCUT2D eigenvalue weighted by Crippen LogP contribution is 2.41. The first kappa shape index (κ1) is 11.0. The first-order valence-electron chi connectivity index (χ1n) is 5.69. The van der Waals surface area contributed by atoms with E-state index < -0.39 is 0 Å². The van der Waals surface area contributed by atoms with Crippen LogP contribution in [0, 0.1) is 5.41 Å². The van der Waals surface area contributed by atoms with Gasteiger partial charge in [-0.1, -0.05) is 39.5 Å². The van der Waals surface area contributed by atoms with Crippen molar-refractivity contribution in [3.8, 4) is 0 Å². The van der Waals surface area contributed by atoms with Gasteiger partial charge in [0.15, 0.2) is 0 Å². The Labute approximate surface area is 82.2 Å². The number of nitrogens with one attached hydrogen (secondary N) is 1. The topological polar surface area (TPSA) is 38.0 Å². The smallest absolute Gasteiger partial charge is 0.0264 e. The standard InChI is InChI=1S/C11H24N2/c1-3-4-7-10(13-12)11(2)8-5-6-9-11/h10,13H,3-9,12H2,1-2H3. The summed E-state index contributed by atoms with van der Waals surface area (Å²) in [6.45, 7) is 4.63. The zero-order valence-corrected chi connectivity index (χ0v) is 9.10. The first-order valence-corrected chi connectivity index (χ1v) is 5.69. The minimum atomic E-state index is 0.476. The Morgan fingerprint density at radius 2 is 2.00 bits per heavy atom. The van der Waals surface area contributed by atoms with Crippen molar-refractivity contribution in [2.75, 3.05) is 0 Å². The van der Waals surface area contributed by atoms with Crippen molar-refractivity contribution in [3.05, 3.63) is 0 Å². The second-order valence-corrected chi connectivity index (χ2v) is 4.72. The van der Waals surface area contributed by atoms with Gasteiger partial charge < -0.3 is 0 Å². The van der Waals surface area contributed by atoms with Crippen molar-refractivity contribution < 1.29 is 0 Å². The Morgan fingerprint density at radius 1 is 1.38 bits per heavy atom. The molecule has 0 spiro atoms. The lowest BCUT2D eigenvalue weighted by Gasteiger charge is -2.33. The van der Waals surface area contributed by atoms with Gasteiger partial charge in [-0.2, -0.15) is 0 Å². The summed E-state index contributed by atoms with van der Waals surface area (Å²) in [4.78, 5) is 0. The molecule has 0 aromatic heterocycles. The molecule has 78 valence electrons. The maximum absolute atomic E-state index is 5.63. The molecule has 1 aliphatic carbocycles. The largest absolute Gasteiger partial charge is 0.271 e. The van der Waals surface area contributed by atoms with Gasteiger partial charge >= 0.3 is 0 Å². The highest BCUT2D eigenvalue weighted by atomic mass is 15.2. The number of unbranched alkanes of at least 4 members (excludes halogenated alkanes) is 1. The van der Waals surface area contributed by atoms with Crippen molar-refractivity contribution in [2.45, 2.75) is 64.8 Å². The fourth-order valence-corrected chi connectivity index (χ4v) is 2.57. The molecule has 0 saturated heterocycles. The molecule has 2 nitrogen and oxygen atoms in total. The lowest BCUT2D eigenvalue weighted by molar-refractivity contribution is 0.208. The van der Waals surface area contributed by atoms with Crippen molar-refractivity contribution in [3.63, 3.8) is 0 Å². The van der Waals surface area contributed by atoms with Gasteiger partial charge in [0.25, 0.3) is 0 Å². The summed E-state index contributed by atoms with van der Waals surface area (Å²) < 4.78 is 0. The lowest BCUT2D eigenvalue weighted by atomic mass is 9.79. The van der Waals surface area contributed by atoms with E-state index in [0.717, 1.165) is 0 Å². The third-order valence-corrected chi connectivity index (χ3v) is 3.63. The molecule has 1 rings (SSSR count). The number of hydrogen-bond donors (Lipinski definition) is 2.